The molecule has 1 heterocycles. The van der Waals surface area contributed by atoms with Crippen LogP contribution in [0.1, 0.15) is 46.5 Å². The van der Waals surface area contributed by atoms with Crippen LogP contribution in [-0.4, -0.2) is 60.1 Å². The lowest BCUT2D eigenvalue weighted by molar-refractivity contribution is -0.137. The first-order valence-electron chi connectivity index (χ1n) is 9.52. The van der Waals surface area contributed by atoms with Crippen LogP contribution in [0.2, 0.25) is 0 Å². The Morgan fingerprint density at radius 3 is 2.07 bits per heavy atom. The molecule has 0 bridgehead atoms. The lowest BCUT2D eigenvalue weighted by Crippen LogP contribution is -2.54. The maximum absolute atomic E-state index is 12.4. The van der Waals surface area contributed by atoms with E-state index in [-0.39, 0.29) is 36.0 Å². The van der Waals surface area contributed by atoms with Crippen LogP contribution in [0, 0.1) is 5.92 Å². The zero-order valence-corrected chi connectivity index (χ0v) is 16.9. The van der Waals surface area contributed by atoms with E-state index in [1.54, 1.807) is 6.92 Å². The third kappa shape index (κ3) is 7.13. The third-order valence-electron chi connectivity index (χ3n) is 4.45. The molecule has 0 aromatic carbocycles. The number of carbonyl (C=O) groups is 5. The lowest BCUT2D eigenvalue weighted by Gasteiger charge is -2.23. The Morgan fingerprint density at radius 2 is 1.54 bits per heavy atom. The Morgan fingerprint density at radius 1 is 0.929 bits per heavy atom. The van der Waals surface area contributed by atoms with Crippen molar-refractivity contribution < 1.29 is 24.0 Å². The van der Waals surface area contributed by atoms with Gasteiger partial charge in [-0.2, -0.15) is 0 Å². The summed E-state index contributed by atoms with van der Waals surface area (Å²) >= 11 is 0. The fourth-order valence-corrected chi connectivity index (χ4v) is 2.75. The highest BCUT2D eigenvalue weighted by Crippen LogP contribution is 2.09. The van der Waals surface area contributed by atoms with Gasteiger partial charge >= 0.3 is 0 Å². The summed E-state index contributed by atoms with van der Waals surface area (Å²) in [5.74, 6) is -1.72. The van der Waals surface area contributed by atoms with Crippen molar-refractivity contribution >= 4 is 29.5 Å². The van der Waals surface area contributed by atoms with E-state index < -0.39 is 18.0 Å². The van der Waals surface area contributed by atoms with Crippen molar-refractivity contribution in [3.63, 3.8) is 0 Å². The molecule has 0 saturated heterocycles. The topological polar surface area (TPSA) is 125 Å². The van der Waals surface area contributed by atoms with Crippen molar-refractivity contribution in [1.82, 2.24) is 20.9 Å². The molecule has 156 valence electrons. The minimum Gasteiger partial charge on any atom is -0.357 e. The number of amides is 5. The molecule has 3 N–H and O–H groups in total. The quantitative estimate of drug-likeness (QED) is 0.332. The molecule has 1 aliphatic rings. The highest BCUT2D eigenvalue weighted by molar-refractivity contribution is 6.12. The van der Waals surface area contributed by atoms with Crippen LogP contribution in [0.4, 0.5) is 0 Å². The summed E-state index contributed by atoms with van der Waals surface area (Å²) in [5.41, 5.74) is 0. The van der Waals surface area contributed by atoms with Crippen molar-refractivity contribution in [2.45, 2.75) is 58.5 Å². The summed E-state index contributed by atoms with van der Waals surface area (Å²) in [6.07, 6.45) is 4.61. The second-order valence-corrected chi connectivity index (χ2v) is 7.11. The van der Waals surface area contributed by atoms with Crippen LogP contribution >= 0.6 is 0 Å². The van der Waals surface area contributed by atoms with E-state index in [9.17, 15) is 24.0 Å². The molecule has 0 radical (unpaired) electrons. The summed E-state index contributed by atoms with van der Waals surface area (Å²) in [7, 11) is 1.48. The van der Waals surface area contributed by atoms with Crippen molar-refractivity contribution in [2.75, 3.05) is 13.6 Å². The van der Waals surface area contributed by atoms with Gasteiger partial charge in [0.05, 0.1) is 0 Å². The van der Waals surface area contributed by atoms with Crippen molar-refractivity contribution in [2.24, 2.45) is 5.92 Å². The Kier molecular flexibility index (Phi) is 9.34. The van der Waals surface area contributed by atoms with Gasteiger partial charge in [-0.15, -0.1) is 0 Å². The van der Waals surface area contributed by atoms with Crippen LogP contribution in [0.3, 0.4) is 0 Å². The molecule has 2 atom stereocenters. The summed E-state index contributed by atoms with van der Waals surface area (Å²) in [6.45, 7) is 5.53. The van der Waals surface area contributed by atoms with Gasteiger partial charge in [-0.25, -0.2) is 0 Å². The smallest absolute Gasteiger partial charge is 0.253 e. The minimum atomic E-state index is -0.731. The normalized spacial score (nSPS) is 15.5. The first-order chi connectivity index (χ1) is 13.2. The number of hydrogen-bond acceptors (Lipinski definition) is 5. The molecule has 0 fully saturated rings. The second-order valence-electron chi connectivity index (χ2n) is 7.11. The predicted octanol–water partition coefficient (Wildman–Crippen LogP) is -0.137. The van der Waals surface area contributed by atoms with E-state index in [1.807, 2.05) is 13.8 Å². The summed E-state index contributed by atoms with van der Waals surface area (Å²) in [5, 5.41) is 7.76. The number of unbranched alkanes of at least 4 members (excludes halogenated alkanes) is 2. The first-order valence-corrected chi connectivity index (χ1v) is 9.52. The molecule has 0 saturated carbocycles. The highest BCUT2D eigenvalue weighted by Gasteiger charge is 2.26. The average Bonchev–Trinajstić information content (AvgIpc) is 2.96. The number of carbonyl (C=O) groups excluding carboxylic acids is 5. The fourth-order valence-electron chi connectivity index (χ4n) is 2.75. The molecule has 5 amide bonds. The van der Waals surface area contributed by atoms with Gasteiger partial charge in [0.1, 0.15) is 12.1 Å². The van der Waals surface area contributed by atoms with Crippen molar-refractivity contribution in [3.05, 3.63) is 12.2 Å². The van der Waals surface area contributed by atoms with E-state index in [0.29, 0.717) is 25.8 Å². The maximum Gasteiger partial charge on any atom is 0.253 e. The van der Waals surface area contributed by atoms with Gasteiger partial charge in [0.2, 0.25) is 17.7 Å². The molecule has 0 aromatic heterocycles. The summed E-state index contributed by atoms with van der Waals surface area (Å²) in [6, 6.07) is -1.42. The Labute approximate surface area is 165 Å². The Bertz CT molecular complexity index is 626. The number of nitrogens with zero attached hydrogens (tertiary/aromatic N) is 1. The van der Waals surface area contributed by atoms with Crippen LogP contribution in [-0.2, 0) is 24.0 Å². The van der Waals surface area contributed by atoms with Crippen LogP contribution in [0.25, 0.3) is 0 Å². The molecule has 1 rings (SSSR count). The first kappa shape index (κ1) is 23.3. The van der Waals surface area contributed by atoms with Crippen LogP contribution in [0.5, 0.6) is 0 Å². The average molecular weight is 394 g/mol. The largest absolute Gasteiger partial charge is 0.357 e. The second kappa shape index (κ2) is 11.2. The monoisotopic (exact) mass is 394 g/mol. The van der Waals surface area contributed by atoms with E-state index in [2.05, 4.69) is 16.0 Å². The van der Waals surface area contributed by atoms with Crippen LogP contribution in [0.15, 0.2) is 12.2 Å². The van der Waals surface area contributed by atoms with Gasteiger partial charge < -0.3 is 16.0 Å². The van der Waals surface area contributed by atoms with E-state index in [1.165, 1.54) is 24.1 Å². The fraction of sp³-hybridized carbons (Fsp3) is 0.632. The van der Waals surface area contributed by atoms with E-state index in [4.69, 9.17) is 0 Å². The molecule has 0 aromatic rings. The summed E-state index contributed by atoms with van der Waals surface area (Å²) in [4.78, 5) is 60.1. The Balaban J connectivity index is 2.35. The maximum atomic E-state index is 12.4. The SMILES string of the molecule is CNC(=O)[C@H](C)NC(=O)[C@@H](NC(=O)CCCCCN1C(=O)C=CC1=O)C(C)C. The molecule has 28 heavy (non-hydrogen) atoms. The van der Waals surface area contributed by atoms with E-state index >= 15 is 0 Å². The zero-order chi connectivity index (χ0) is 21.3. The molecule has 1 aliphatic heterocycles. The number of nitrogens with one attached hydrogen (secondary N) is 3. The van der Waals surface area contributed by atoms with E-state index in [0.717, 1.165) is 0 Å². The molecule has 9 nitrogen and oxygen atoms in total. The minimum absolute atomic E-state index is 0.138. The predicted molar refractivity (Wildman–Crippen MR) is 103 cm³/mol. The summed E-state index contributed by atoms with van der Waals surface area (Å²) < 4.78 is 0. The standard InChI is InChI=1S/C19H30N4O5/c1-12(2)17(19(28)21-13(3)18(27)20-4)22-14(24)8-6-5-7-11-23-15(25)9-10-16(23)26/h9-10,12-13,17H,5-8,11H2,1-4H3,(H,20,27)(H,21,28)(H,22,24)/t13-,17-/m0/s1. The Hall–Kier alpha value is -2.71. The van der Waals surface area contributed by atoms with Gasteiger partial charge in [0, 0.05) is 32.2 Å². The zero-order valence-electron chi connectivity index (χ0n) is 16.9. The van der Waals surface area contributed by atoms with Gasteiger partial charge in [-0.1, -0.05) is 20.3 Å². The van der Waals surface area contributed by atoms with Gasteiger partial charge in [-0.3, -0.25) is 28.9 Å². The molecule has 9 heteroatoms. The number of likely N-dealkylation sites (N-methyl/N-ethyl adjacent to an activating group) is 1. The van der Waals surface area contributed by atoms with Gasteiger partial charge in [0.15, 0.2) is 0 Å². The number of rotatable bonds is 11. The molecule has 0 aliphatic carbocycles. The molecular weight excluding hydrogens is 364 g/mol. The lowest BCUT2D eigenvalue weighted by atomic mass is 10.0. The number of hydrogen-bond donors (Lipinski definition) is 3. The van der Waals surface area contributed by atoms with Gasteiger partial charge in [0.25, 0.3) is 11.8 Å². The third-order valence-corrected chi connectivity index (χ3v) is 4.45. The van der Waals surface area contributed by atoms with Crippen molar-refractivity contribution in [3.8, 4) is 0 Å². The van der Waals surface area contributed by atoms with Gasteiger partial charge in [-0.05, 0) is 25.7 Å². The molecular formula is C19H30N4O5. The molecule has 0 unspecified atom stereocenters. The van der Waals surface area contributed by atoms with Crippen LogP contribution < -0.4 is 16.0 Å². The van der Waals surface area contributed by atoms with Crippen molar-refractivity contribution in [1.29, 1.82) is 0 Å². The highest BCUT2D eigenvalue weighted by atomic mass is 16.2. The number of imide groups is 1. The molecule has 0 spiro atoms.